The summed E-state index contributed by atoms with van der Waals surface area (Å²) in [5.74, 6) is 1.58. The standard InChI is InChI=1S/C20H19NO2S2/c1-22-14-8-10-18(17(21)12-14)25-20-13-15(23-2)9-11-19(20)24-16-6-4-3-5-7-16/h3-13H,21H2,1-2H3. The van der Waals surface area contributed by atoms with Gasteiger partial charge >= 0.3 is 0 Å². The number of rotatable bonds is 6. The molecular formula is C20H19NO2S2. The van der Waals surface area contributed by atoms with E-state index in [0.29, 0.717) is 5.69 Å². The van der Waals surface area contributed by atoms with E-state index in [9.17, 15) is 0 Å². The average Bonchev–Trinajstić information content (AvgIpc) is 2.65. The minimum absolute atomic E-state index is 0.697. The lowest BCUT2D eigenvalue weighted by molar-refractivity contribution is 0.413. The van der Waals surface area contributed by atoms with E-state index in [1.807, 2.05) is 48.5 Å². The monoisotopic (exact) mass is 369 g/mol. The number of hydrogen-bond acceptors (Lipinski definition) is 5. The van der Waals surface area contributed by atoms with Crippen molar-refractivity contribution in [2.75, 3.05) is 20.0 Å². The van der Waals surface area contributed by atoms with Crippen LogP contribution in [0.5, 0.6) is 11.5 Å². The van der Waals surface area contributed by atoms with Gasteiger partial charge in [-0.25, -0.2) is 0 Å². The van der Waals surface area contributed by atoms with Gasteiger partial charge in [-0.3, -0.25) is 0 Å². The highest BCUT2D eigenvalue weighted by Gasteiger charge is 2.11. The molecule has 0 fully saturated rings. The van der Waals surface area contributed by atoms with Crippen LogP contribution in [0.3, 0.4) is 0 Å². The van der Waals surface area contributed by atoms with Crippen molar-refractivity contribution in [3.8, 4) is 11.5 Å². The molecule has 3 aromatic carbocycles. The van der Waals surface area contributed by atoms with Gasteiger partial charge in [0.05, 0.1) is 14.2 Å². The second kappa shape index (κ2) is 8.23. The Bertz CT molecular complexity index is 854. The zero-order chi connectivity index (χ0) is 17.6. The Balaban J connectivity index is 1.93. The van der Waals surface area contributed by atoms with E-state index in [2.05, 4.69) is 18.2 Å². The molecular weight excluding hydrogens is 350 g/mol. The SMILES string of the molecule is COc1ccc(Sc2cc(OC)ccc2Sc2ccccc2)c(N)c1. The van der Waals surface area contributed by atoms with Crippen LogP contribution in [0.15, 0.2) is 86.3 Å². The third kappa shape index (κ3) is 4.44. The highest BCUT2D eigenvalue weighted by atomic mass is 32.2. The minimum Gasteiger partial charge on any atom is -0.497 e. The highest BCUT2D eigenvalue weighted by Crippen LogP contribution is 2.42. The third-order valence-corrected chi connectivity index (χ3v) is 5.92. The molecule has 0 saturated heterocycles. The van der Waals surface area contributed by atoms with Crippen LogP contribution in [0, 0.1) is 0 Å². The lowest BCUT2D eigenvalue weighted by Crippen LogP contribution is -1.91. The smallest absolute Gasteiger partial charge is 0.120 e. The fourth-order valence-electron chi connectivity index (χ4n) is 2.26. The van der Waals surface area contributed by atoms with Crippen molar-refractivity contribution in [2.45, 2.75) is 19.6 Å². The van der Waals surface area contributed by atoms with E-state index >= 15 is 0 Å². The van der Waals surface area contributed by atoms with Crippen molar-refractivity contribution >= 4 is 29.2 Å². The molecule has 3 aromatic rings. The van der Waals surface area contributed by atoms with Crippen LogP contribution in [0.1, 0.15) is 0 Å². The topological polar surface area (TPSA) is 44.5 Å². The van der Waals surface area contributed by atoms with Crippen LogP contribution in [-0.2, 0) is 0 Å². The predicted octanol–water partition coefficient (Wildman–Crippen LogP) is 5.59. The van der Waals surface area contributed by atoms with E-state index in [0.717, 1.165) is 26.2 Å². The maximum Gasteiger partial charge on any atom is 0.120 e. The number of ether oxygens (including phenoxy) is 2. The van der Waals surface area contributed by atoms with Crippen molar-refractivity contribution in [1.82, 2.24) is 0 Å². The fourth-order valence-corrected chi connectivity index (χ4v) is 4.25. The van der Waals surface area contributed by atoms with Gasteiger partial charge in [0.2, 0.25) is 0 Å². The summed E-state index contributed by atoms with van der Waals surface area (Å²) >= 11 is 3.35. The van der Waals surface area contributed by atoms with Gasteiger partial charge in [-0.05, 0) is 42.5 Å². The lowest BCUT2D eigenvalue weighted by atomic mass is 10.3. The Morgan fingerprint density at radius 2 is 1.32 bits per heavy atom. The first-order valence-corrected chi connectivity index (χ1v) is 9.35. The molecule has 3 rings (SSSR count). The summed E-state index contributed by atoms with van der Waals surface area (Å²) in [5, 5.41) is 0. The fraction of sp³-hybridized carbons (Fsp3) is 0.100. The maximum atomic E-state index is 6.18. The largest absolute Gasteiger partial charge is 0.497 e. The normalized spacial score (nSPS) is 10.5. The van der Waals surface area contributed by atoms with Gasteiger partial charge in [-0.15, -0.1) is 0 Å². The molecule has 128 valence electrons. The van der Waals surface area contributed by atoms with Gasteiger partial charge in [0, 0.05) is 31.3 Å². The van der Waals surface area contributed by atoms with Gasteiger partial charge in [-0.1, -0.05) is 41.7 Å². The first kappa shape index (κ1) is 17.6. The molecule has 25 heavy (non-hydrogen) atoms. The Morgan fingerprint density at radius 1 is 0.680 bits per heavy atom. The van der Waals surface area contributed by atoms with Gasteiger partial charge < -0.3 is 15.2 Å². The van der Waals surface area contributed by atoms with Crippen molar-refractivity contribution < 1.29 is 9.47 Å². The molecule has 0 saturated carbocycles. The molecule has 0 aliphatic heterocycles. The molecule has 0 aliphatic carbocycles. The second-order valence-corrected chi connectivity index (χ2v) is 7.43. The number of hydrogen-bond donors (Lipinski definition) is 1. The summed E-state index contributed by atoms with van der Waals surface area (Å²) < 4.78 is 10.6. The number of methoxy groups -OCH3 is 2. The minimum atomic E-state index is 0.697. The lowest BCUT2D eigenvalue weighted by Gasteiger charge is -2.13. The summed E-state index contributed by atoms with van der Waals surface area (Å²) in [6.45, 7) is 0. The van der Waals surface area contributed by atoms with E-state index in [-0.39, 0.29) is 0 Å². The third-order valence-electron chi connectivity index (χ3n) is 3.56. The van der Waals surface area contributed by atoms with E-state index in [1.54, 1.807) is 37.7 Å². The van der Waals surface area contributed by atoms with Crippen LogP contribution >= 0.6 is 23.5 Å². The van der Waals surface area contributed by atoms with E-state index < -0.39 is 0 Å². The predicted molar refractivity (Wildman–Crippen MR) is 105 cm³/mol. The summed E-state index contributed by atoms with van der Waals surface area (Å²) in [6, 6.07) is 22.2. The molecule has 0 aliphatic rings. The molecule has 0 atom stereocenters. The molecule has 0 bridgehead atoms. The Hall–Kier alpha value is -2.24. The molecule has 3 nitrogen and oxygen atoms in total. The molecule has 0 radical (unpaired) electrons. The van der Waals surface area contributed by atoms with Crippen LogP contribution in [0.25, 0.3) is 0 Å². The molecule has 0 unspecified atom stereocenters. The zero-order valence-electron chi connectivity index (χ0n) is 14.1. The number of anilines is 1. The van der Waals surface area contributed by atoms with Crippen molar-refractivity contribution in [3.05, 3.63) is 66.7 Å². The Morgan fingerprint density at radius 3 is 1.96 bits per heavy atom. The second-order valence-electron chi connectivity index (χ2n) is 5.23. The molecule has 5 heteroatoms. The van der Waals surface area contributed by atoms with Crippen molar-refractivity contribution in [1.29, 1.82) is 0 Å². The summed E-state index contributed by atoms with van der Waals surface area (Å²) in [4.78, 5) is 4.44. The Labute approximate surface area is 156 Å². The number of benzene rings is 3. The molecule has 0 aromatic heterocycles. The van der Waals surface area contributed by atoms with Crippen molar-refractivity contribution in [2.24, 2.45) is 0 Å². The van der Waals surface area contributed by atoms with Crippen LogP contribution in [0.4, 0.5) is 5.69 Å². The first-order valence-electron chi connectivity index (χ1n) is 7.72. The summed E-state index contributed by atoms with van der Waals surface area (Å²) in [5.41, 5.74) is 6.88. The zero-order valence-corrected chi connectivity index (χ0v) is 15.7. The van der Waals surface area contributed by atoms with Crippen LogP contribution in [-0.4, -0.2) is 14.2 Å². The van der Waals surface area contributed by atoms with E-state index in [4.69, 9.17) is 15.2 Å². The summed E-state index contributed by atoms with van der Waals surface area (Å²) in [7, 11) is 3.31. The Kier molecular flexibility index (Phi) is 5.79. The number of nitrogens with two attached hydrogens (primary N) is 1. The first-order chi connectivity index (χ1) is 12.2. The summed E-state index contributed by atoms with van der Waals surface area (Å²) in [6.07, 6.45) is 0. The molecule has 0 spiro atoms. The molecule has 0 amide bonds. The van der Waals surface area contributed by atoms with Gasteiger partial charge in [0.1, 0.15) is 11.5 Å². The molecule has 0 heterocycles. The van der Waals surface area contributed by atoms with Gasteiger partial charge in [0.25, 0.3) is 0 Å². The van der Waals surface area contributed by atoms with E-state index in [1.165, 1.54) is 4.90 Å². The molecule has 2 N–H and O–H groups in total. The van der Waals surface area contributed by atoms with Gasteiger partial charge in [0.15, 0.2) is 0 Å². The van der Waals surface area contributed by atoms with Crippen LogP contribution in [0.2, 0.25) is 0 Å². The number of nitrogen functional groups attached to an aromatic ring is 1. The quantitative estimate of drug-likeness (QED) is 0.574. The highest BCUT2D eigenvalue weighted by molar-refractivity contribution is 8.02. The van der Waals surface area contributed by atoms with Crippen molar-refractivity contribution in [3.63, 3.8) is 0 Å². The maximum absolute atomic E-state index is 6.18. The van der Waals surface area contributed by atoms with Gasteiger partial charge in [-0.2, -0.15) is 0 Å². The average molecular weight is 370 g/mol. The van der Waals surface area contributed by atoms with Crippen LogP contribution < -0.4 is 15.2 Å².